The van der Waals surface area contributed by atoms with Crippen molar-refractivity contribution in [2.45, 2.75) is 31.5 Å². The zero-order valence-corrected chi connectivity index (χ0v) is 19.5. The first kappa shape index (κ1) is 23.0. The summed E-state index contributed by atoms with van der Waals surface area (Å²) in [5.41, 5.74) is 6.63. The Morgan fingerprint density at radius 3 is 2.77 bits per heavy atom. The highest BCUT2D eigenvalue weighted by Crippen LogP contribution is 2.48. The van der Waals surface area contributed by atoms with Crippen LogP contribution >= 0.6 is 11.6 Å². The molecule has 0 bridgehead atoms. The van der Waals surface area contributed by atoms with Gasteiger partial charge >= 0.3 is 12.1 Å². The maximum absolute atomic E-state index is 14.2. The Hall–Kier alpha value is -3.79. The molecular weight excluding hydrogens is 477 g/mol. The van der Waals surface area contributed by atoms with Gasteiger partial charge in [-0.25, -0.2) is 14.0 Å². The number of nitrogens with one attached hydrogen (secondary N) is 2. The second kappa shape index (κ2) is 8.77. The minimum atomic E-state index is -0.699. The normalized spacial score (nSPS) is 20.4. The van der Waals surface area contributed by atoms with Gasteiger partial charge in [0.1, 0.15) is 17.6 Å². The summed E-state index contributed by atoms with van der Waals surface area (Å²) in [7, 11) is 1.51. The van der Waals surface area contributed by atoms with Crippen molar-refractivity contribution < 1.29 is 23.5 Å². The van der Waals surface area contributed by atoms with E-state index in [0.717, 1.165) is 6.42 Å². The molecule has 11 heteroatoms. The second-order valence-corrected chi connectivity index (χ2v) is 9.12. The van der Waals surface area contributed by atoms with E-state index >= 15 is 0 Å². The molecule has 1 saturated heterocycles. The van der Waals surface area contributed by atoms with Crippen LogP contribution in [0.4, 0.5) is 19.7 Å². The number of amides is 4. The number of rotatable bonds is 5. The number of urea groups is 1. The summed E-state index contributed by atoms with van der Waals surface area (Å²) in [5.74, 6) is -0.164. The number of benzene rings is 2. The second-order valence-electron chi connectivity index (χ2n) is 8.72. The number of aromatic nitrogens is 1. The Kier molecular flexibility index (Phi) is 5.76. The molecule has 2 heterocycles. The van der Waals surface area contributed by atoms with Crippen molar-refractivity contribution in [1.29, 1.82) is 0 Å². The Bertz CT molecular complexity index is 1360. The van der Waals surface area contributed by atoms with Crippen LogP contribution in [-0.2, 0) is 11.3 Å². The van der Waals surface area contributed by atoms with Gasteiger partial charge in [0.2, 0.25) is 5.91 Å². The Morgan fingerprint density at radius 1 is 1.23 bits per heavy atom. The molecule has 182 valence electrons. The van der Waals surface area contributed by atoms with Crippen molar-refractivity contribution in [2.75, 3.05) is 12.4 Å². The van der Waals surface area contributed by atoms with E-state index in [2.05, 4.69) is 10.6 Å². The number of methoxy groups -OCH3 is 1. The molecule has 4 N–H and O–H groups in total. The van der Waals surface area contributed by atoms with Crippen molar-refractivity contribution in [3.05, 3.63) is 59.0 Å². The van der Waals surface area contributed by atoms with Crippen LogP contribution in [0, 0.1) is 11.7 Å². The largest absolute Gasteiger partial charge is 0.497 e. The van der Waals surface area contributed by atoms with E-state index in [1.165, 1.54) is 28.8 Å². The maximum atomic E-state index is 14.2. The molecule has 4 amide bonds. The van der Waals surface area contributed by atoms with E-state index in [1.807, 2.05) is 0 Å². The molecule has 3 atom stereocenters. The van der Waals surface area contributed by atoms with E-state index < -0.39 is 23.9 Å². The molecule has 0 radical (unpaired) electrons. The van der Waals surface area contributed by atoms with Crippen molar-refractivity contribution in [3.8, 4) is 5.75 Å². The summed E-state index contributed by atoms with van der Waals surface area (Å²) < 4.78 is 20.7. The highest BCUT2D eigenvalue weighted by Gasteiger charge is 2.56. The number of fused-ring (bicyclic) bond motifs is 2. The van der Waals surface area contributed by atoms with Gasteiger partial charge in [0.25, 0.3) is 0 Å². The third-order valence-electron chi connectivity index (χ3n) is 6.62. The monoisotopic (exact) mass is 499 g/mol. The number of carbonyl (C=O) groups is 3. The van der Waals surface area contributed by atoms with Gasteiger partial charge in [-0.1, -0.05) is 23.7 Å². The SMILES string of the molecule is COc1ccc2c(c1)c(NC(=O)N1C3CC3C[C@H]1C(=O)NCc1cccc(Cl)c1F)cn2C(N)=O. The predicted octanol–water partition coefficient (Wildman–Crippen LogP) is 3.68. The lowest BCUT2D eigenvalue weighted by molar-refractivity contribution is -0.125. The van der Waals surface area contributed by atoms with E-state index in [0.29, 0.717) is 28.8 Å². The van der Waals surface area contributed by atoms with Gasteiger partial charge in [-0.05, 0) is 43.0 Å². The zero-order valence-electron chi connectivity index (χ0n) is 18.8. The molecule has 2 fully saturated rings. The van der Waals surface area contributed by atoms with Gasteiger partial charge in [-0.2, -0.15) is 0 Å². The van der Waals surface area contributed by atoms with Crippen molar-refractivity contribution in [2.24, 2.45) is 11.7 Å². The van der Waals surface area contributed by atoms with Crippen LogP contribution in [0.5, 0.6) is 5.75 Å². The smallest absolute Gasteiger partial charge is 0.323 e. The lowest BCUT2D eigenvalue weighted by Crippen LogP contribution is -2.49. The van der Waals surface area contributed by atoms with Crippen LogP contribution in [-0.4, -0.2) is 46.6 Å². The van der Waals surface area contributed by atoms with Crippen molar-refractivity contribution in [1.82, 2.24) is 14.8 Å². The molecule has 0 spiro atoms. The van der Waals surface area contributed by atoms with Crippen LogP contribution in [0.1, 0.15) is 18.4 Å². The molecule has 1 saturated carbocycles. The number of hydrogen-bond donors (Lipinski definition) is 3. The van der Waals surface area contributed by atoms with E-state index in [-0.39, 0.29) is 35.0 Å². The van der Waals surface area contributed by atoms with Gasteiger partial charge in [-0.15, -0.1) is 0 Å². The van der Waals surface area contributed by atoms with Gasteiger partial charge in [-0.3, -0.25) is 9.36 Å². The first-order chi connectivity index (χ1) is 16.8. The number of piperidine rings is 1. The molecule has 1 aliphatic heterocycles. The zero-order chi connectivity index (χ0) is 24.9. The quantitative estimate of drug-likeness (QED) is 0.496. The topological polar surface area (TPSA) is 119 Å². The minimum Gasteiger partial charge on any atom is -0.497 e. The van der Waals surface area contributed by atoms with Crippen LogP contribution in [0.25, 0.3) is 10.9 Å². The van der Waals surface area contributed by atoms with E-state index in [1.54, 1.807) is 30.3 Å². The van der Waals surface area contributed by atoms with E-state index in [4.69, 9.17) is 22.1 Å². The third kappa shape index (κ3) is 4.14. The number of carbonyl (C=O) groups excluding carboxylic acids is 3. The number of primary amides is 1. The molecule has 2 aromatic carbocycles. The third-order valence-corrected chi connectivity index (χ3v) is 6.91. The fourth-order valence-corrected chi connectivity index (χ4v) is 4.96. The lowest BCUT2D eigenvalue weighted by atomic mass is 10.1. The fraction of sp³-hybridized carbons (Fsp3) is 0.292. The highest BCUT2D eigenvalue weighted by molar-refractivity contribution is 6.30. The number of nitrogens with zero attached hydrogens (tertiary/aromatic N) is 2. The van der Waals surface area contributed by atoms with Gasteiger partial charge in [0.15, 0.2) is 0 Å². The molecule has 35 heavy (non-hydrogen) atoms. The number of hydrogen-bond acceptors (Lipinski definition) is 4. The molecule has 2 aliphatic rings. The van der Waals surface area contributed by atoms with Crippen LogP contribution < -0.4 is 21.1 Å². The van der Waals surface area contributed by atoms with Crippen molar-refractivity contribution >= 4 is 46.2 Å². The number of anilines is 1. The van der Waals surface area contributed by atoms with Gasteiger partial charge < -0.3 is 26.0 Å². The Morgan fingerprint density at radius 2 is 2.03 bits per heavy atom. The van der Waals surface area contributed by atoms with Gasteiger partial charge in [0.05, 0.1) is 23.3 Å². The summed E-state index contributed by atoms with van der Waals surface area (Å²) >= 11 is 5.82. The van der Waals surface area contributed by atoms with Crippen LogP contribution in [0.2, 0.25) is 5.02 Å². The Balaban J connectivity index is 1.35. The number of halogens is 2. The fourth-order valence-electron chi connectivity index (χ4n) is 4.77. The number of nitrogens with two attached hydrogens (primary N) is 1. The van der Waals surface area contributed by atoms with Crippen molar-refractivity contribution in [3.63, 3.8) is 0 Å². The van der Waals surface area contributed by atoms with Crippen LogP contribution in [0.15, 0.2) is 42.6 Å². The predicted molar refractivity (Wildman–Crippen MR) is 128 cm³/mol. The number of ether oxygens (including phenoxy) is 1. The lowest BCUT2D eigenvalue weighted by Gasteiger charge is -2.27. The average Bonchev–Trinajstić information content (AvgIpc) is 3.35. The number of likely N-dealkylation sites (tertiary alicyclic amines) is 1. The van der Waals surface area contributed by atoms with Gasteiger partial charge in [0, 0.05) is 29.7 Å². The molecule has 1 aromatic heterocycles. The molecule has 5 rings (SSSR count). The van der Waals surface area contributed by atoms with Crippen LogP contribution in [0.3, 0.4) is 0 Å². The molecular formula is C24H23ClFN5O4. The summed E-state index contributed by atoms with van der Waals surface area (Å²) in [6, 6.07) is 7.73. The van der Waals surface area contributed by atoms with E-state index in [9.17, 15) is 18.8 Å². The molecule has 1 aliphatic carbocycles. The first-order valence-corrected chi connectivity index (χ1v) is 11.4. The molecule has 9 nitrogen and oxygen atoms in total. The summed E-state index contributed by atoms with van der Waals surface area (Å²) in [6.07, 6.45) is 2.79. The molecule has 3 aromatic rings. The average molecular weight is 500 g/mol. The minimum absolute atomic E-state index is 0.0216. The Labute approximate surface area is 204 Å². The summed E-state index contributed by atoms with van der Waals surface area (Å²) in [6.45, 7) is -0.0432. The standard InChI is InChI=1S/C24H23ClFN5O4/c1-35-14-5-6-18-15(9-14)17(11-30(18)23(27)33)29-24(34)31-19-7-13(19)8-20(31)22(32)28-10-12-3-2-4-16(25)21(12)26/h2-6,9,11,13,19-20H,7-8,10H2,1H3,(H2,27,33)(H,28,32)(H,29,34)/t13?,19?,20-/m0/s1. The maximum Gasteiger partial charge on any atom is 0.323 e. The summed E-state index contributed by atoms with van der Waals surface area (Å²) in [5, 5.41) is 6.10. The first-order valence-electron chi connectivity index (χ1n) is 11.1. The molecule has 2 unspecified atom stereocenters. The highest BCUT2D eigenvalue weighted by atomic mass is 35.5. The summed E-state index contributed by atoms with van der Waals surface area (Å²) in [4.78, 5) is 39.7.